The van der Waals surface area contributed by atoms with Gasteiger partial charge in [-0.3, -0.25) is 4.79 Å². The number of ether oxygens (including phenoxy) is 2. The van der Waals surface area contributed by atoms with Gasteiger partial charge in [0.1, 0.15) is 17.7 Å². The molecule has 1 saturated heterocycles. The maximum Gasteiger partial charge on any atom is 0.309 e. The van der Waals surface area contributed by atoms with Crippen LogP contribution in [0.5, 0.6) is 5.75 Å². The van der Waals surface area contributed by atoms with Crippen molar-refractivity contribution >= 4 is 5.97 Å². The molecule has 0 aromatic heterocycles. The van der Waals surface area contributed by atoms with Gasteiger partial charge in [0.05, 0.1) is 5.41 Å². The number of hydrogen-bond donors (Lipinski definition) is 1. The van der Waals surface area contributed by atoms with Crippen molar-refractivity contribution in [3.63, 3.8) is 0 Å². The second-order valence-electron chi connectivity index (χ2n) is 5.60. The normalized spacial score (nSPS) is 23.9. The highest BCUT2D eigenvalue weighted by Gasteiger charge is 2.43. The lowest BCUT2D eigenvalue weighted by atomic mass is 9.75. The fourth-order valence-electron chi connectivity index (χ4n) is 3.11. The summed E-state index contributed by atoms with van der Waals surface area (Å²) in [6.07, 6.45) is 1.84. The van der Waals surface area contributed by atoms with E-state index in [4.69, 9.17) is 9.47 Å². The summed E-state index contributed by atoms with van der Waals surface area (Å²) in [6, 6.07) is 4.44. The van der Waals surface area contributed by atoms with E-state index in [0.29, 0.717) is 44.6 Å². The molecule has 4 nitrogen and oxygen atoms in total. The highest BCUT2D eigenvalue weighted by atomic mass is 19.1. The van der Waals surface area contributed by atoms with Crippen LogP contribution in [0.25, 0.3) is 0 Å². The third-order valence-electron chi connectivity index (χ3n) is 4.29. The minimum absolute atomic E-state index is 0.194. The van der Waals surface area contributed by atoms with Crippen LogP contribution >= 0.6 is 0 Å². The molecule has 1 aromatic rings. The van der Waals surface area contributed by atoms with Gasteiger partial charge in [-0.1, -0.05) is 0 Å². The number of rotatable bonds is 3. The predicted octanol–water partition coefficient (Wildman–Crippen LogP) is 2.40. The molecule has 20 heavy (non-hydrogen) atoms. The fourth-order valence-corrected chi connectivity index (χ4v) is 3.11. The van der Waals surface area contributed by atoms with Crippen LogP contribution < -0.4 is 4.74 Å². The largest absolute Gasteiger partial charge is 0.490 e. The zero-order valence-corrected chi connectivity index (χ0v) is 11.1. The Morgan fingerprint density at radius 2 is 2.15 bits per heavy atom. The molecule has 1 atom stereocenters. The van der Waals surface area contributed by atoms with E-state index in [9.17, 15) is 14.3 Å². The number of carboxylic acid groups (broad SMARTS) is 1. The monoisotopic (exact) mass is 280 g/mol. The van der Waals surface area contributed by atoms with Crippen LogP contribution in [-0.4, -0.2) is 30.4 Å². The highest BCUT2D eigenvalue weighted by molar-refractivity contribution is 5.74. The summed E-state index contributed by atoms with van der Waals surface area (Å²) in [4.78, 5) is 11.6. The SMILES string of the molecule is O=C(O)C1(CC2Cc3cc(F)ccc3O2)CCOCC1. The van der Waals surface area contributed by atoms with Crippen LogP contribution in [0.15, 0.2) is 18.2 Å². The average molecular weight is 280 g/mol. The first kappa shape index (κ1) is 13.4. The van der Waals surface area contributed by atoms with Gasteiger partial charge in [-0.2, -0.15) is 0 Å². The fraction of sp³-hybridized carbons (Fsp3) is 0.533. The molecule has 108 valence electrons. The van der Waals surface area contributed by atoms with Crippen molar-refractivity contribution in [1.82, 2.24) is 0 Å². The van der Waals surface area contributed by atoms with Crippen molar-refractivity contribution in [1.29, 1.82) is 0 Å². The van der Waals surface area contributed by atoms with Gasteiger partial charge in [-0.05, 0) is 31.0 Å². The molecular weight excluding hydrogens is 263 g/mol. The molecule has 0 aliphatic carbocycles. The van der Waals surface area contributed by atoms with Gasteiger partial charge < -0.3 is 14.6 Å². The molecule has 2 heterocycles. The van der Waals surface area contributed by atoms with E-state index >= 15 is 0 Å². The molecule has 0 bridgehead atoms. The van der Waals surface area contributed by atoms with Gasteiger partial charge in [0.2, 0.25) is 0 Å². The van der Waals surface area contributed by atoms with Crippen LogP contribution in [0.2, 0.25) is 0 Å². The highest BCUT2D eigenvalue weighted by Crippen LogP contribution is 2.40. The molecule has 1 N–H and O–H groups in total. The van der Waals surface area contributed by atoms with Gasteiger partial charge >= 0.3 is 5.97 Å². The quantitative estimate of drug-likeness (QED) is 0.923. The lowest BCUT2D eigenvalue weighted by Gasteiger charge is -2.34. The summed E-state index contributed by atoms with van der Waals surface area (Å²) in [7, 11) is 0. The molecule has 2 aliphatic rings. The second kappa shape index (κ2) is 5.05. The van der Waals surface area contributed by atoms with Crippen LogP contribution in [-0.2, 0) is 16.0 Å². The van der Waals surface area contributed by atoms with E-state index in [1.807, 2.05) is 0 Å². The minimum atomic E-state index is -0.786. The Hall–Kier alpha value is -1.62. The van der Waals surface area contributed by atoms with Crippen molar-refractivity contribution in [2.45, 2.75) is 31.8 Å². The third kappa shape index (κ3) is 2.38. The van der Waals surface area contributed by atoms with E-state index in [1.165, 1.54) is 12.1 Å². The number of aliphatic carboxylic acids is 1. The van der Waals surface area contributed by atoms with Gasteiger partial charge in [0, 0.05) is 31.6 Å². The molecule has 0 radical (unpaired) electrons. The molecule has 1 fully saturated rings. The molecule has 1 unspecified atom stereocenters. The summed E-state index contributed by atoms with van der Waals surface area (Å²) >= 11 is 0. The van der Waals surface area contributed by atoms with E-state index in [0.717, 1.165) is 5.56 Å². The van der Waals surface area contributed by atoms with E-state index in [-0.39, 0.29) is 11.9 Å². The first-order valence-corrected chi connectivity index (χ1v) is 6.85. The van der Waals surface area contributed by atoms with Crippen LogP contribution in [0.4, 0.5) is 4.39 Å². The molecule has 5 heteroatoms. The number of halogens is 1. The van der Waals surface area contributed by atoms with Gasteiger partial charge in [0.25, 0.3) is 0 Å². The number of carbonyl (C=O) groups is 1. The Morgan fingerprint density at radius 1 is 1.40 bits per heavy atom. The van der Waals surface area contributed by atoms with E-state index in [2.05, 4.69) is 0 Å². The van der Waals surface area contributed by atoms with Gasteiger partial charge in [-0.15, -0.1) is 0 Å². The zero-order valence-electron chi connectivity index (χ0n) is 11.1. The average Bonchev–Trinajstić information content (AvgIpc) is 2.80. The molecule has 3 rings (SSSR count). The number of benzene rings is 1. The van der Waals surface area contributed by atoms with Crippen LogP contribution in [0.3, 0.4) is 0 Å². The molecule has 2 aliphatic heterocycles. The smallest absolute Gasteiger partial charge is 0.309 e. The standard InChI is InChI=1S/C15H17FO4/c16-11-1-2-13-10(7-11)8-12(20-13)9-15(14(17)18)3-5-19-6-4-15/h1-2,7,12H,3-6,8-9H2,(H,17,18). The number of fused-ring (bicyclic) bond motifs is 1. The van der Waals surface area contributed by atoms with Crippen molar-refractivity contribution in [3.8, 4) is 5.75 Å². The minimum Gasteiger partial charge on any atom is -0.490 e. The summed E-state index contributed by atoms with van der Waals surface area (Å²) in [5.74, 6) is -0.400. The number of hydrogen-bond acceptors (Lipinski definition) is 3. The molecular formula is C15H17FO4. The van der Waals surface area contributed by atoms with E-state index < -0.39 is 11.4 Å². The summed E-state index contributed by atoms with van der Waals surface area (Å²) in [5, 5.41) is 9.54. The van der Waals surface area contributed by atoms with Crippen LogP contribution in [0.1, 0.15) is 24.8 Å². The Bertz CT molecular complexity index is 523. The number of carboxylic acids is 1. The van der Waals surface area contributed by atoms with Crippen molar-refractivity contribution in [2.75, 3.05) is 13.2 Å². The second-order valence-corrected chi connectivity index (χ2v) is 5.60. The van der Waals surface area contributed by atoms with E-state index in [1.54, 1.807) is 6.07 Å². The first-order chi connectivity index (χ1) is 9.59. The third-order valence-corrected chi connectivity index (χ3v) is 4.29. The Labute approximate surface area is 116 Å². The Kier molecular flexibility index (Phi) is 3.38. The zero-order chi connectivity index (χ0) is 14.2. The Morgan fingerprint density at radius 3 is 2.85 bits per heavy atom. The van der Waals surface area contributed by atoms with Gasteiger partial charge in [0.15, 0.2) is 0 Å². The molecule has 0 amide bonds. The van der Waals surface area contributed by atoms with Crippen molar-refractivity contribution in [2.24, 2.45) is 5.41 Å². The summed E-state index contributed by atoms with van der Waals surface area (Å²) in [6.45, 7) is 0.946. The lowest BCUT2D eigenvalue weighted by molar-refractivity contribution is -0.157. The maximum absolute atomic E-state index is 13.2. The van der Waals surface area contributed by atoms with Crippen molar-refractivity contribution < 1.29 is 23.8 Å². The lowest BCUT2D eigenvalue weighted by Crippen LogP contribution is -2.41. The summed E-state index contributed by atoms with van der Waals surface area (Å²) in [5.41, 5.74) is 0.0475. The topological polar surface area (TPSA) is 55.8 Å². The maximum atomic E-state index is 13.2. The first-order valence-electron chi connectivity index (χ1n) is 6.85. The molecule has 1 aromatic carbocycles. The van der Waals surface area contributed by atoms with Crippen molar-refractivity contribution in [3.05, 3.63) is 29.6 Å². The predicted molar refractivity (Wildman–Crippen MR) is 69.3 cm³/mol. The van der Waals surface area contributed by atoms with Crippen LogP contribution in [0, 0.1) is 11.2 Å². The Balaban J connectivity index is 1.74. The molecule has 0 saturated carbocycles. The summed E-state index contributed by atoms with van der Waals surface area (Å²) < 4.78 is 24.2. The van der Waals surface area contributed by atoms with Gasteiger partial charge in [-0.25, -0.2) is 4.39 Å². The molecule has 0 spiro atoms.